The van der Waals surface area contributed by atoms with Crippen LogP contribution in [0.5, 0.6) is 11.5 Å². The van der Waals surface area contributed by atoms with Crippen molar-refractivity contribution in [3.63, 3.8) is 0 Å². The largest absolute Gasteiger partial charge is 0.486 e. The third-order valence-corrected chi connectivity index (χ3v) is 5.64. The fourth-order valence-corrected chi connectivity index (χ4v) is 4.15. The van der Waals surface area contributed by atoms with Crippen LogP contribution in [0.4, 0.5) is 5.69 Å². The molecule has 32 heavy (non-hydrogen) atoms. The molecule has 4 aromatic rings. The fraction of sp³-hybridized carbons (Fsp3) is 0.292. The molecule has 1 aliphatic rings. The summed E-state index contributed by atoms with van der Waals surface area (Å²) in [4.78, 5) is 17.6. The van der Waals surface area contributed by atoms with Crippen molar-refractivity contribution in [1.82, 2.24) is 19.3 Å². The lowest BCUT2D eigenvalue weighted by atomic mass is 10.2. The van der Waals surface area contributed by atoms with E-state index in [1.54, 1.807) is 12.4 Å². The van der Waals surface area contributed by atoms with Crippen LogP contribution in [-0.2, 0) is 0 Å². The summed E-state index contributed by atoms with van der Waals surface area (Å²) in [6, 6.07) is 9.82. The van der Waals surface area contributed by atoms with Gasteiger partial charge in [0.05, 0.1) is 23.6 Å². The highest BCUT2D eigenvalue weighted by Gasteiger charge is 2.19. The van der Waals surface area contributed by atoms with Gasteiger partial charge < -0.3 is 19.4 Å². The number of rotatable bonds is 4. The molecule has 0 saturated carbocycles. The lowest BCUT2D eigenvalue weighted by Crippen LogP contribution is -2.16. The second kappa shape index (κ2) is 7.71. The zero-order valence-corrected chi connectivity index (χ0v) is 18.5. The van der Waals surface area contributed by atoms with Gasteiger partial charge in [-0.25, -0.2) is 9.67 Å². The molecule has 1 aliphatic heterocycles. The van der Waals surface area contributed by atoms with E-state index in [0.29, 0.717) is 30.2 Å². The molecular formula is C24H25N5O3. The van der Waals surface area contributed by atoms with E-state index in [4.69, 9.17) is 9.47 Å². The summed E-state index contributed by atoms with van der Waals surface area (Å²) in [5, 5.41) is 8.25. The molecule has 0 spiro atoms. The molecule has 3 aromatic heterocycles. The van der Waals surface area contributed by atoms with Gasteiger partial charge in [0.15, 0.2) is 17.1 Å². The summed E-state index contributed by atoms with van der Waals surface area (Å²) in [6.07, 6.45) is 3.44. The Balaban J connectivity index is 1.43. The standard InChI is InChI=1S/C24H25N5O3/c1-14(2)29-23-17(12-26-29)10-18(13-25-23)27-24(30)20-9-15(3)28(16(20)4)19-5-6-21-22(11-19)32-8-7-31-21/h5-6,9-14H,7-8H2,1-4H3,(H,27,30). The van der Waals surface area contributed by atoms with Crippen molar-refractivity contribution in [2.24, 2.45) is 0 Å². The van der Waals surface area contributed by atoms with Crippen LogP contribution >= 0.6 is 0 Å². The third kappa shape index (κ3) is 3.37. The maximum atomic E-state index is 13.1. The Bertz CT molecular complexity index is 1340. The predicted octanol–water partition coefficient (Wildman–Crippen LogP) is 4.44. The molecule has 0 radical (unpaired) electrons. The van der Waals surface area contributed by atoms with E-state index < -0.39 is 0 Å². The van der Waals surface area contributed by atoms with Crippen LogP contribution in [0.3, 0.4) is 0 Å². The molecule has 0 aliphatic carbocycles. The van der Waals surface area contributed by atoms with Gasteiger partial charge in [0.2, 0.25) is 0 Å². The van der Waals surface area contributed by atoms with Crippen LogP contribution in [0.25, 0.3) is 16.7 Å². The van der Waals surface area contributed by atoms with E-state index in [0.717, 1.165) is 33.9 Å². The van der Waals surface area contributed by atoms with Gasteiger partial charge in [0.25, 0.3) is 5.91 Å². The number of anilines is 1. The molecule has 4 heterocycles. The van der Waals surface area contributed by atoms with Crippen molar-refractivity contribution in [2.75, 3.05) is 18.5 Å². The average molecular weight is 431 g/mol. The van der Waals surface area contributed by atoms with Crippen LogP contribution in [-0.4, -0.2) is 38.5 Å². The van der Waals surface area contributed by atoms with Crippen molar-refractivity contribution in [1.29, 1.82) is 0 Å². The number of fused-ring (bicyclic) bond motifs is 2. The second-order valence-electron chi connectivity index (χ2n) is 8.22. The summed E-state index contributed by atoms with van der Waals surface area (Å²) < 4.78 is 15.2. The van der Waals surface area contributed by atoms with Crippen molar-refractivity contribution in [2.45, 2.75) is 33.7 Å². The number of aromatic nitrogens is 4. The first-order chi connectivity index (χ1) is 15.4. The van der Waals surface area contributed by atoms with E-state index in [1.807, 2.05) is 53.4 Å². The Hall–Kier alpha value is -3.81. The Labute approximate surface area is 185 Å². The third-order valence-electron chi connectivity index (χ3n) is 5.64. The van der Waals surface area contributed by atoms with Gasteiger partial charge in [0, 0.05) is 34.6 Å². The highest BCUT2D eigenvalue weighted by Crippen LogP contribution is 2.33. The number of ether oxygens (including phenoxy) is 2. The molecule has 1 amide bonds. The molecule has 0 saturated heterocycles. The normalized spacial score (nSPS) is 13.0. The van der Waals surface area contributed by atoms with Crippen LogP contribution in [0.2, 0.25) is 0 Å². The Morgan fingerprint density at radius 3 is 2.62 bits per heavy atom. The van der Waals surface area contributed by atoms with Crippen LogP contribution in [0, 0.1) is 13.8 Å². The minimum Gasteiger partial charge on any atom is -0.486 e. The van der Waals surface area contributed by atoms with Gasteiger partial charge >= 0.3 is 0 Å². The molecule has 8 nitrogen and oxygen atoms in total. The minimum absolute atomic E-state index is 0.181. The van der Waals surface area contributed by atoms with E-state index in [1.165, 1.54) is 0 Å². The molecule has 0 unspecified atom stereocenters. The maximum Gasteiger partial charge on any atom is 0.257 e. The lowest BCUT2D eigenvalue weighted by molar-refractivity contribution is 0.102. The van der Waals surface area contributed by atoms with Gasteiger partial charge in [0.1, 0.15) is 13.2 Å². The zero-order chi connectivity index (χ0) is 22.4. The van der Waals surface area contributed by atoms with Crippen molar-refractivity contribution < 1.29 is 14.3 Å². The number of hydrogen-bond donors (Lipinski definition) is 1. The first-order valence-corrected chi connectivity index (χ1v) is 10.7. The number of nitrogens with zero attached hydrogens (tertiary/aromatic N) is 4. The number of carbonyl (C=O) groups excluding carboxylic acids is 1. The van der Waals surface area contributed by atoms with Crippen LogP contribution < -0.4 is 14.8 Å². The number of carbonyl (C=O) groups is 1. The molecule has 0 bridgehead atoms. The molecular weight excluding hydrogens is 406 g/mol. The number of pyridine rings is 1. The number of nitrogens with one attached hydrogen (secondary N) is 1. The summed E-state index contributed by atoms with van der Waals surface area (Å²) in [5.74, 6) is 1.27. The van der Waals surface area contributed by atoms with Gasteiger partial charge in [-0.15, -0.1) is 0 Å². The Morgan fingerprint density at radius 1 is 1.06 bits per heavy atom. The molecule has 0 fully saturated rings. The number of amides is 1. The first kappa shape index (κ1) is 20.1. The maximum absolute atomic E-state index is 13.1. The first-order valence-electron chi connectivity index (χ1n) is 10.7. The molecule has 8 heteroatoms. The second-order valence-corrected chi connectivity index (χ2v) is 8.22. The fourth-order valence-electron chi connectivity index (χ4n) is 4.15. The van der Waals surface area contributed by atoms with E-state index in [-0.39, 0.29) is 11.9 Å². The highest BCUT2D eigenvalue weighted by atomic mass is 16.6. The monoisotopic (exact) mass is 431 g/mol. The van der Waals surface area contributed by atoms with Gasteiger partial charge in [-0.1, -0.05) is 0 Å². The summed E-state index contributed by atoms with van der Waals surface area (Å²) >= 11 is 0. The molecule has 164 valence electrons. The predicted molar refractivity (Wildman–Crippen MR) is 122 cm³/mol. The highest BCUT2D eigenvalue weighted by molar-refractivity contribution is 6.06. The summed E-state index contributed by atoms with van der Waals surface area (Å²) in [5.41, 5.74) is 4.77. The summed E-state index contributed by atoms with van der Waals surface area (Å²) in [7, 11) is 0. The lowest BCUT2D eigenvalue weighted by Gasteiger charge is -2.20. The van der Waals surface area contributed by atoms with Gasteiger partial charge in [-0.3, -0.25) is 4.79 Å². The minimum atomic E-state index is -0.181. The van der Waals surface area contributed by atoms with Gasteiger partial charge in [-0.05, 0) is 52.0 Å². The Morgan fingerprint density at radius 2 is 1.84 bits per heavy atom. The number of hydrogen-bond acceptors (Lipinski definition) is 5. The molecule has 0 atom stereocenters. The molecule has 1 aromatic carbocycles. The van der Waals surface area contributed by atoms with Crippen LogP contribution in [0.15, 0.2) is 42.7 Å². The van der Waals surface area contributed by atoms with Crippen molar-refractivity contribution >= 4 is 22.6 Å². The van der Waals surface area contributed by atoms with Crippen molar-refractivity contribution in [3.8, 4) is 17.2 Å². The van der Waals surface area contributed by atoms with E-state index >= 15 is 0 Å². The number of benzene rings is 1. The SMILES string of the molecule is Cc1cc(C(=O)Nc2cnc3c(cnn3C(C)C)c2)c(C)n1-c1ccc2c(c1)OCCO2. The average Bonchev–Trinajstić information content (AvgIpc) is 3.33. The van der Waals surface area contributed by atoms with Crippen LogP contribution in [0.1, 0.15) is 41.6 Å². The topological polar surface area (TPSA) is 83.2 Å². The molecule has 1 N–H and O–H groups in total. The summed E-state index contributed by atoms with van der Waals surface area (Å²) in [6.45, 7) is 9.11. The van der Waals surface area contributed by atoms with Crippen molar-refractivity contribution in [3.05, 3.63) is 59.7 Å². The van der Waals surface area contributed by atoms with E-state index in [9.17, 15) is 4.79 Å². The quantitative estimate of drug-likeness (QED) is 0.516. The van der Waals surface area contributed by atoms with Gasteiger partial charge in [-0.2, -0.15) is 5.10 Å². The number of aryl methyl sites for hydroxylation is 1. The smallest absolute Gasteiger partial charge is 0.257 e. The Kier molecular flexibility index (Phi) is 4.84. The molecule has 5 rings (SSSR count). The zero-order valence-electron chi connectivity index (χ0n) is 18.5. The van der Waals surface area contributed by atoms with E-state index in [2.05, 4.69) is 29.2 Å².